The molecule has 1 aromatic rings. The third kappa shape index (κ3) is 0.839. The van der Waals surface area contributed by atoms with Crippen LogP contribution in [0.1, 0.15) is 26.3 Å². The van der Waals surface area contributed by atoms with E-state index in [4.69, 9.17) is 4.74 Å². The Balaban J connectivity index is 2.53. The predicted molar refractivity (Wildman–Crippen MR) is 45.2 cm³/mol. The second-order valence-corrected chi connectivity index (χ2v) is 3.98. The van der Waals surface area contributed by atoms with Gasteiger partial charge >= 0.3 is 0 Å². The molecule has 1 heteroatoms. The Kier molecular flexibility index (Phi) is 1.09. The first-order valence-electron chi connectivity index (χ1n) is 3.90. The Morgan fingerprint density at radius 3 is 1.91 bits per heavy atom. The van der Waals surface area contributed by atoms with E-state index in [9.17, 15) is 0 Å². The summed E-state index contributed by atoms with van der Waals surface area (Å²) in [5, 5.41) is 0. The first-order valence-corrected chi connectivity index (χ1v) is 3.90. The first kappa shape index (κ1) is 6.71. The molecule has 0 N–H and O–H groups in total. The van der Waals surface area contributed by atoms with E-state index in [0.29, 0.717) is 0 Å². The van der Waals surface area contributed by atoms with Crippen LogP contribution in [-0.4, -0.2) is 0 Å². The Labute approximate surface area is 67.0 Å². The highest BCUT2D eigenvalue weighted by Crippen LogP contribution is 2.48. The van der Waals surface area contributed by atoms with Crippen LogP contribution in [0.3, 0.4) is 0 Å². The smallest absolute Gasteiger partial charge is 0.134 e. The maximum Gasteiger partial charge on any atom is 0.134 e. The molecule has 0 aromatic heterocycles. The molecule has 2 aliphatic heterocycles. The van der Waals surface area contributed by atoms with Gasteiger partial charge in [0, 0.05) is 5.56 Å². The van der Waals surface area contributed by atoms with Gasteiger partial charge < -0.3 is 4.74 Å². The van der Waals surface area contributed by atoms with Crippen LogP contribution in [0.5, 0.6) is 11.5 Å². The third-order valence-electron chi connectivity index (χ3n) is 1.96. The van der Waals surface area contributed by atoms with Crippen LogP contribution >= 0.6 is 0 Å². The van der Waals surface area contributed by atoms with E-state index in [1.54, 1.807) is 0 Å². The third-order valence-corrected chi connectivity index (χ3v) is 1.96. The molecule has 0 fully saturated rings. The summed E-state index contributed by atoms with van der Waals surface area (Å²) in [6.45, 7) is 6.62. The molecule has 2 aliphatic rings. The molecule has 1 nitrogen and oxygen atoms in total. The Morgan fingerprint density at radius 1 is 1.09 bits per heavy atom. The molecule has 0 spiro atoms. The maximum atomic E-state index is 5.37. The van der Waals surface area contributed by atoms with Crippen LogP contribution in [0.2, 0.25) is 0 Å². The van der Waals surface area contributed by atoms with Crippen molar-refractivity contribution in [2.45, 2.75) is 26.2 Å². The molecular weight excluding hydrogens is 136 g/mol. The predicted octanol–water partition coefficient (Wildman–Crippen LogP) is 3.09. The zero-order valence-corrected chi connectivity index (χ0v) is 7.14. The van der Waals surface area contributed by atoms with Crippen molar-refractivity contribution in [2.75, 3.05) is 0 Å². The van der Waals surface area contributed by atoms with Gasteiger partial charge in [-0.2, -0.15) is 0 Å². The average Bonchev–Trinajstić information content (AvgIpc) is 1.85. The summed E-state index contributed by atoms with van der Waals surface area (Å²) in [5.74, 6) is 2.10. The second-order valence-electron chi connectivity index (χ2n) is 3.98. The minimum absolute atomic E-state index is 0.226. The van der Waals surface area contributed by atoms with Crippen LogP contribution < -0.4 is 4.74 Å². The van der Waals surface area contributed by atoms with Gasteiger partial charge in [-0.3, -0.25) is 0 Å². The molecule has 2 heterocycles. The number of rotatable bonds is 0. The highest BCUT2D eigenvalue weighted by atomic mass is 16.5. The van der Waals surface area contributed by atoms with Gasteiger partial charge in [0.25, 0.3) is 0 Å². The van der Waals surface area contributed by atoms with E-state index in [2.05, 4.69) is 20.8 Å². The average molecular weight is 148 g/mol. The lowest BCUT2D eigenvalue weighted by atomic mass is 9.83. The molecule has 0 atom stereocenters. The van der Waals surface area contributed by atoms with Crippen LogP contribution in [0.15, 0.2) is 18.2 Å². The summed E-state index contributed by atoms with van der Waals surface area (Å²) >= 11 is 0. The highest BCUT2D eigenvalue weighted by Gasteiger charge is 2.30. The van der Waals surface area contributed by atoms with Crippen LogP contribution in [0, 0.1) is 0 Å². The van der Waals surface area contributed by atoms with Gasteiger partial charge in [0.2, 0.25) is 0 Å². The second kappa shape index (κ2) is 1.79. The Morgan fingerprint density at radius 2 is 1.64 bits per heavy atom. The van der Waals surface area contributed by atoms with Gasteiger partial charge in [-0.15, -0.1) is 0 Å². The SMILES string of the molecule is CC(C)(C)c1c2cccc1O2. The van der Waals surface area contributed by atoms with Crippen molar-refractivity contribution in [3.05, 3.63) is 23.8 Å². The first-order chi connectivity index (χ1) is 5.09. The lowest BCUT2D eigenvalue weighted by molar-refractivity contribution is 0.380. The van der Waals surface area contributed by atoms with Crippen LogP contribution in [0.25, 0.3) is 0 Å². The van der Waals surface area contributed by atoms with E-state index in [-0.39, 0.29) is 5.41 Å². The van der Waals surface area contributed by atoms with Crippen LogP contribution in [0.4, 0.5) is 0 Å². The van der Waals surface area contributed by atoms with Crippen molar-refractivity contribution in [2.24, 2.45) is 0 Å². The van der Waals surface area contributed by atoms with Crippen molar-refractivity contribution in [1.82, 2.24) is 0 Å². The van der Waals surface area contributed by atoms with Gasteiger partial charge in [0.05, 0.1) is 0 Å². The number of hydrogen-bond acceptors (Lipinski definition) is 1. The van der Waals surface area contributed by atoms with E-state index >= 15 is 0 Å². The topological polar surface area (TPSA) is 9.23 Å². The molecule has 0 aliphatic carbocycles. The number of ether oxygens (including phenoxy) is 1. The molecule has 0 saturated heterocycles. The van der Waals surface area contributed by atoms with Crippen LogP contribution in [-0.2, 0) is 5.41 Å². The monoisotopic (exact) mass is 148 g/mol. The van der Waals surface area contributed by atoms with E-state index in [1.165, 1.54) is 5.56 Å². The van der Waals surface area contributed by atoms with Crippen molar-refractivity contribution in [1.29, 1.82) is 0 Å². The van der Waals surface area contributed by atoms with E-state index in [1.807, 2.05) is 18.2 Å². The fourth-order valence-electron chi connectivity index (χ4n) is 1.49. The molecule has 1 aromatic carbocycles. The molecule has 0 saturated carbocycles. The number of hydrogen-bond donors (Lipinski definition) is 0. The molecule has 0 unspecified atom stereocenters. The summed E-state index contributed by atoms with van der Waals surface area (Å²) in [6.07, 6.45) is 0. The minimum atomic E-state index is 0.226. The van der Waals surface area contributed by atoms with Gasteiger partial charge in [0.15, 0.2) is 0 Å². The molecule has 58 valence electrons. The standard InChI is InChI=1S/C10H12O/c1-10(2,3)9-7-5-4-6-8(9)11-7/h4-6H,1-3H3. The van der Waals surface area contributed by atoms with Gasteiger partial charge in [-0.1, -0.05) is 26.8 Å². The van der Waals surface area contributed by atoms with Gasteiger partial charge in [0.1, 0.15) is 11.5 Å². The largest absolute Gasteiger partial charge is 0.456 e. The molecule has 3 rings (SSSR count). The lowest BCUT2D eigenvalue weighted by Gasteiger charge is -2.32. The minimum Gasteiger partial charge on any atom is -0.456 e. The van der Waals surface area contributed by atoms with Crippen molar-refractivity contribution < 1.29 is 4.74 Å². The zero-order valence-electron chi connectivity index (χ0n) is 7.14. The van der Waals surface area contributed by atoms with Gasteiger partial charge in [-0.05, 0) is 17.5 Å². The molecule has 2 bridgehead atoms. The quantitative estimate of drug-likeness (QED) is 0.557. The maximum absolute atomic E-state index is 5.37. The lowest BCUT2D eigenvalue weighted by Crippen LogP contribution is -2.19. The molecule has 11 heavy (non-hydrogen) atoms. The summed E-state index contributed by atoms with van der Waals surface area (Å²) in [5.41, 5.74) is 1.59. The molecular formula is C10H12O. The Hall–Kier alpha value is -0.980. The summed E-state index contributed by atoms with van der Waals surface area (Å²) < 4.78 is 5.37. The number of benzene rings is 1. The van der Waals surface area contributed by atoms with Crippen molar-refractivity contribution in [3.8, 4) is 11.5 Å². The van der Waals surface area contributed by atoms with Crippen molar-refractivity contribution >= 4 is 0 Å². The fraction of sp³-hybridized carbons (Fsp3) is 0.400. The Bertz CT molecular complexity index is 274. The normalized spacial score (nSPS) is 13.7. The highest BCUT2D eigenvalue weighted by molar-refractivity contribution is 5.58. The van der Waals surface area contributed by atoms with Crippen molar-refractivity contribution in [3.63, 3.8) is 0 Å². The molecule has 0 amide bonds. The van der Waals surface area contributed by atoms with Gasteiger partial charge in [-0.25, -0.2) is 0 Å². The molecule has 0 radical (unpaired) electrons. The summed E-state index contributed by atoms with van der Waals surface area (Å²) in [6, 6.07) is 6.07. The number of fused-ring (bicyclic) bond motifs is 2. The van der Waals surface area contributed by atoms with E-state index < -0.39 is 0 Å². The fourth-order valence-corrected chi connectivity index (χ4v) is 1.49. The zero-order chi connectivity index (χ0) is 8.06. The van der Waals surface area contributed by atoms with E-state index in [0.717, 1.165) is 11.5 Å². The summed E-state index contributed by atoms with van der Waals surface area (Å²) in [7, 11) is 0. The summed E-state index contributed by atoms with van der Waals surface area (Å²) in [4.78, 5) is 0.